The van der Waals surface area contributed by atoms with Gasteiger partial charge in [0, 0.05) is 12.5 Å². The van der Waals surface area contributed by atoms with E-state index >= 15 is 0 Å². The number of aromatic amines is 1. The van der Waals surface area contributed by atoms with Gasteiger partial charge in [-0.2, -0.15) is 13.2 Å². The summed E-state index contributed by atoms with van der Waals surface area (Å²) in [4.78, 5) is 34.1. The molecule has 1 N–H and O–H groups in total. The Labute approximate surface area is 194 Å². The fraction of sp³-hybridized carbons (Fsp3) is 0.375. The molecule has 182 valence electrons. The molecule has 0 aliphatic rings. The van der Waals surface area contributed by atoms with Gasteiger partial charge in [-0.15, -0.1) is 0 Å². The molecule has 0 aliphatic carbocycles. The largest absolute Gasteiger partial charge is 0.493 e. The maximum atomic E-state index is 13.0. The number of hydrogen-bond acceptors (Lipinski definition) is 5. The third-order valence-corrected chi connectivity index (χ3v) is 5.17. The summed E-state index contributed by atoms with van der Waals surface area (Å²) in [5, 5.41) is 0.477. The highest BCUT2D eigenvalue weighted by molar-refractivity contribution is 5.78. The van der Waals surface area contributed by atoms with Crippen molar-refractivity contribution in [3.63, 3.8) is 0 Å². The van der Waals surface area contributed by atoms with E-state index in [2.05, 4.69) is 9.97 Å². The Morgan fingerprint density at radius 3 is 2.56 bits per heavy atom. The Morgan fingerprint density at radius 2 is 1.88 bits per heavy atom. The van der Waals surface area contributed by atoms with E-state index in [4.69, 9.17) is 9.47 Å². The number of aromatic nitrogens is 2. The van der Waals surface area contributed by atoms with Gasteiger partial charge < -0.3 is 19.4 Å². The van der Waals surface area contributed by atoms with Crippen molar-refractivity contribution >= 4 is 16.8 Å². The van der Waals surface area contributed by atoms with Gasteiger partial charge in [-0.1, -0.05) is 18.2 Å². The molecular formula is C24H26F3N3O4. The highest BCUT2D eigenvalue weighted by atomic mass is 19.4. The first-order valence-corrected chi connectivity index (χ1v) is 10.7. The number of methoxy groups -OCH3 is 1. The Morgan fingerprint density at radius 1 is 1.15 bits per heavy atom. The molecule has 0 saturated heterocycles. The Bertz CT molecular complexity index is 1210. The highest BCUT2D eigenvalue weighted by Crippen LogP contribution is 2.30. The molecular weight excluding hydrogens is 451 g/mol. The zero-order valence-corrected chi connectivity index (χ0v) is 19.1. The number of carbonyl (C=O) groups excluding carboxylic acids is 1. The quantitative estimate of drug-likeness (QED) is 0.498. The summed E-state index contributed by atoms with van der Waals surface area (Å²) in [7, 11) is 1.34. The van der Waals surface area contributed by atoms with Crippen LogP contribution < -0.4 is 15.0 Å². The summed E-state index contributed by atoms with van der Waals surface area (Å²) in [5.74, 6) is 0.374. The number of amides is 1. The molecule has 7 nitrogen and oxygen atoms in total. The van der Waals surface area contributed by atoms with Crippen LogP contribution in [0.15, 0.2) is 47.3 Å². The molecule has 0 spiro atoms. The summed E-state index contributed by atoms with van der Waals surface area (Å²) in [6.45, 7) is 2.46. The van der Waals surface area contributed by atoms with E-state index in [1.165, 1.54) is 13.2 Å². The van der Waals surface area contributed by atoms with Crippen molar-refractivity contribution in [2.75, 3.05) is 13.7 Å². The lowest BCUT2D eigenvalue weighted by atomic mass is 10.1. The van der Waals surface area contributed by atoms with Crippen molar-refractivity contribution < 1.29 is 27.4 Å². The Kier molecular flexibility index (Phi) is 7.80. The first kappa shape index (κ1) is 25.1. The van der Waals surface area contributed by atoms with Gasteiger partial charge in [-0.3, -0.25) is 9.59 Å². The number of H-pyrrole nitrogens is 1. The summed E-state index contributed by atoms with van der Waals surface area (Å²) in [6, 6.07) is 11.4. The monoisotopic (exact) mass is 477 g/mol. The van der Waals surface area contributed by atoms with Crippen molar-refractivity contribution in [1.82, 2.24) is 14.9 Å². The number of carbonyl (C=O) groups is 1. The molecule has 0 bridgehead atoms. The van der Waals surface area contributed by atoms with Gasteiger partial charge in [0.2, 0.25) is 5.91 Å². The number of nitrogens with zero attached hydrogens (tertiary/aromatic N) is 2. The molecule has 0 aliphatic heterocycles. The number of nitrogens with one attached hydrogen (secondary N) is 1. The predicted octanol–water partition coefficient (Wildman–Crippen LogP) is 4.24. The second kappa shape index (κ2) is 10.6. The fourth-order valence-electron chi connectivity index (χ4n) is 3.47. The molecule has 1 amide bonds. The van der Waals surface area contributed by atoms with Crippen LogP contribution in [0.1, 0.15) is 31.7 Å². The first-order chi connectivity index (χ1) is 16.1. The highest BCUT2D eigenvalue weighted by Gasteiger charge is 2.29. The topological polar surface area (TPSA) is 84.5 Å². The van der Waals surface area contributed by atoms with Crippen molar-refractivity contribution in [2.24, 2.45) is 0 Å². The van der Waals surface area contributed by atoms with Gasteiger partial charge in [0.15, 0.2) is 18.1 Å². The average molecular weight is 477 g/mol. The van der Waals surface area contributed by atoms with Gasteiger partial charge in [-0.25, -0.2) is 4.98 Å². The molecule has 0 saturated carbocycles. The zero-order valence-electron chi connectivity index (χ0n) is 19.1. The minimum Gasteiger partial charge on any atom is -0.493 e. The van der Waals surface area contributed by atoms with Crippen LogP contribution in [0.4, 0.5) is 13.2 Å². The number of fused-ring (bicyclic) bond motifs is 1. The van der Waals surface area contributed by atoms with Crippen LogP contribution in [0.3, 0.4) is 0 Å². The normalized spacial score (nSPS) is 11.6. The van der Waals surface area contributed by atoms with E-state index in [1.54, 1.807) is 41.3 Å². The van der Waals surface area contributed by atoms with Crippen LogP contribution in [0.2, 0.25) is 0 Å². The van der Waals surface area contributed by atoms with Crippen LogP contribution in [-0.2, 0) is 17.8 Å². The van der Waals surface area contributed by atoms with Gasteiger partial charge in [0.05, 0.1) is 24.6 Å². The molecule has 1 aromatic heterocycles. The summed E-state index contributed by atoms with van der Waals surface area (Å²) >= 11 is 0. The minimum absolute atomic E-state index is 0.0231. The molecule has 0 atom stereocenters. The molecule has 2 aromatic carbocycles. The van der Waals surface area contributed by atoms with E-state index in [0.717, 1.165) is 0 Å². The van der Waals surface area contributed by atoms with Gasteiger partial charge in [0.25, 0.3) is 5.56 Å². The minimum atomic E-state index is -4.46. The number of benzene rings is 2. The summed E-state index contributed by atoms with van der Waals surface area (Å²) in [6.07, 6.45) is -3.96. The molecule has 10 heteroatoms. The number of halogens is 3. The third-order valence-electron chi connectivity index (χ3n) is 5.17. The maximum Gasteiger partial charge on any atom is 0.422 e. The number of rotatable bonds is 9. The molecule has 1 heterocycles. The number of hydrogen-bond donors (Lipinski definition) is 1. The molecule has 34 heavy (non-hydrogen) atoms. The third kappa shape index (κ3) is 6.49. The number of alkyl halides is 3. The van der Waals surface area contributed by atoms with Crippen molar-refractivity contribution in [1.29, 1.82) is 0 Å². The second-order valence-electron chi connectivity index (χ2n) is 8.03. The number of aryl methyl sites for hydroxylation is 1. The van der Waals surface area contributed by atoms with E-state index in [-0.39, 0.29) is 42.0 Å². The van der Waals surface area contributed by atoms with Crippen LogP contribution in [0, 0.1) is 0 Å². The second-order valence-corrected chi connectivity index (χ2v) is 8.03. The zero-order chi connectivity index (χ0) is 24.9. The SMILES string of the molecule is COc1cc(CCC(=O)N(Cc2nc3ccccc3c(=O)[nH]2)C(C)C)ccc1OCC(F)(F)F. The smallest absolute Gasteiger partial charge is 0.422 e. The van der Waals surface area contributed by atoms with E-state index in [0.29, 0.717) is 28.7 Å². The lowest BCUT2D eigenvalue weighted by Crippen LogP contribution is -2.37. The maximum absolute atomic E-state index is 13.0. The van der Waals surface area contributed by atoms with Crippen LogP contribution in [0.5, 0.6) is 11.5 Å². The van der Waals surface area contributed by atoms with Crippen LogP contribution in [0.25, 0.3) is 10.9 Å². The lowest BCUT2D eigenvalue weighted by molar-refractivity contribution is -0.153. The van der Waals surface area contributed by atoms with E-state index in [9.17, 15) is 22.8 Å². The van der Waals surface area contributed by atoms with Crippen molar-refractivity contribution in [2.45, 2.75) is 45.5 Å². The number of para-hydroxylation sites is 1. The predicted molar refractivity (Wildman–Crippen MR) is 121 cm³/mol. The summed E-state index contributed by atoms with van der Waals surface area (Å²) < 4.78 is 47.2. The van der Waals surface area contributed by atoms with Crippen molar-refractivity contribution in [3.8, 4) is 11.5 Å². The van der Waals surface area contributed by atoms with Gasteiger partial charge in [0.1, 0.15) is 5.82 Å². The summed E-state index contributed by atoms with van der Waals surface area (Å²) in [5.41, 5.74) is 1.000. The van der Waals surface area contributed by atoms with Gasteiger partial charge >= 0.3 is 6.18 Å². The van der Waals surface area contributed by atoms with E-state index in [1.807, 2.05) is 13.8 Å². The number of ether oxygens (including phenoxy) is 2. The molecule has 0 fully saturated rings. The van der Waals surface area contributed by atoms with E-state index < -0.39 is 12.8 Å². The molecule has 3 rings (SSSR count). The molecule has 0 unspecified atom stereocenters. The standard InChI is InChI=1S/C24H26F3N3O4/c1-15(2)30(13-21-28-18-7-5-4-6-17(18)23(32)29-21)22(31)11-9-16-8-10-19(20(12-16)33-3)34-14-24(25,26)27/h4-8,10,12,15H,9,11,13-14H2,1-3H3,(H,28,29,32). The average Bonchev–Trinajstić information content (AvgIpc) is 2.79. The van der Waals surface area contributed by atoms with Crippen molar-refractivity contribution in [3.05, 3.63) is 64.2 Å². The molecule has 0 radical (unpaired) electrons. The molecule has 3 aromatic rings. The first-order valence-electron chi connectivity index (χ1n) is 10.7. The lowest BCUT2D eigenvalue weighted by Gasteiger charge is -2.26. The Hall–Kier alpha value is -3.56. The van der Waals surface area contributed by atoms with Gasteiger partial charge in [-0.05, 0) is 50.1 Å². The Balaban J connectivity index is 1.69. The van der Waals surface area contributed by atoms with Crippen LogP contribution in [-0.4, -0.2) is 46.7 Å². The van der Waals surface area contributed by atoms with Crippen LogP contribution >= 0.6 is 0 Å². The fourth-order valence-corrected chi connectivity index (χ4v) is 3.47.